The zero-order chi connectivity index (χ0) is 45.7. The number of carboxylic acid groups (broad SMARTS) is 1. The summed E-state index contributed by atoms with van der Waals surface area (Å²) in [6, 6.07) is -10.3. The van der Waals surface area contributed by atoms with Crippen LogP contribution in [0, 0.1) is 17.8 Å². The van der Waals surface area contributed by atoms with E-state index >= 15 is 0 Å². The number of aliphatic carboxylic acids is 1. The molecule has 0 rings (SSSR count). The summed E-state index contributed by atoms with van der Waals surface area (Å²) in [5.41, 5.74) is 16.7. The molecule has 0 fully saturated rings. The third-order valence-corrected chi connectivity index (χ3v) is 9.09. The van der Waals surface area contributed by atoms with Crippen LogP contribution in [0.1, 0.15) is 67.7 Å². The van der Waals surface area contributed by atoms with Gasteiger partial charge in [-0.15, -0.1) is 0 Å². The molecule has 0 saturated carbocycles. The van der Waals surface area contributed by atoms with Crippen molar-refractivity contribution < 1.29 is 63.9 Å². The minimum Gasteiger partial charge on any atom is -0.480 e. The van der Waals surface area contributed by atoms with Gasteiger partial charge in [-0.25, -0.2) is 4.79 Å². The molecular weight excluding hydrogens is 782 g/mol. The normalized spacial score (nSPS) is 16.3. The van der Waals surface area contributed by atoms with Crippen LogP contribution >= 0.6 is 0 Å². The maximum Gasteiger partial charge on any atom is 0.328 e. The van der Waals surface area contributed by atoms with E-state index in [9.17, 15) is 53.7 Å². The molecule has 24 nitrogen and oxygen atoms in total. The molecule has 0 radical (unpaired) electrons. The van der Waals surface area contributed by atoms with E-state index in [4.69, 9.17) is 27.4 Å². The zero-order valence-corrected chi connectivity index (χ0v) is 34.6. The Kier molecular flexibility index (Phi) is 24.4. The van der Waals surface area contributed by atoms with Crippen molar-refractivity contribution in [1.82, 2.24) is 37.2 Å². The summed E-state index contributed by atoms with van der Waals surface area (Å²) >= 11 is 0. The van der Waals surface area contributed by atoms with E-state index in [1.54, 1.807) is 41.5 Å². The highest BCUT2D eigenvalue weighted by Gasteiger charge is 2.36. The smallest absolute Gasteiger partial charge is 0.328 e. The van der Waals surface area contributed by atoms with Gasteiger partial charge >= 0.3 is 5.97 Å². The van der Waals surface area contributed by atoms with Gasteiger partial charge in [-0.2, -0.15) is 0 Å². The van der Waals surface area contributed by atoms with Crippen molar-refractivity contribution in [3.63, 3.8) is 0 Å². The molecule has 10 atom stereocenters. The summed E-state index contributed by atoms with van der Waals surface area (Å²) in [7, 11) is 0. The van der Waals surface area contributed by atoms with Gasteiger partial charge in [-0.3, -0.25) is 38.6 Å². The molecular formula is C35H65N11O13. The van der Waals surface area contributed by atoms with Gasteiger partial charge in [0.2, 0.25) is 41.4 Å². The summed E-state index contributed by atoms with van der Waals surface area (Å²) in [4.78, 5) is 107. The number of guanidine groups is 1. The lowest BCUT2D eigenvalue weighted by molar-refractivity contribution is -0.143. The molecule has 0 saturated heterocycles. The molecule has 338 valence electrons. The Labute approximate surface area is 342 Å². The highest BCUT2D eigenvalue weighted by Crippen LogP contribution is 2.12. The van der Waals surface area contributed by atoms with Gasteiger partial charge in [0, 0.05) is 6.54 Å². The number of hydrogen-bond acceptors (Lipinski definition) is 14. The SMILES string of the molecule is CC[C@H](C)[C@H](NC(=O)[C@@H](CCCN=C(N)N)NC(=O)[C@@H](NC(=O)[C@@H](N)[C@H](O)C(C)C)C(C)C)C(=O)N[C@H](C(=O)NCC(=O)N[C@@H](CO)C(=O)N[C@@H](CO)C(=O)O)[C@H](C)O. The predicted molar refractivity (Wildman–Crippen MR) is 211 cm³/mol. The highest BCUT2D eigenvalue weighted by molar-refractivity contribution is 5.97. The van der Waals surface area contributed by atoms with Crippen LogP contribution in [-0.4, -0.2) is 160 Å². The molecule has 7 amide bonds. The van der Waals surface area contributed by atoms with Crippen LogP contribution in [0.3, 0.4) is 0 Å². The lowest BCUT2D eigenvalue weighted by Gasteiger charge is -2.30. The average Bonchev–Trinajstić information content (AvgIpc) is 3.17. The number of aliphatic hydroxyl groups excluding tert-OH is 4. The second-order valence-corrected chi connectivity index (χ2v) is 14.7. The van der Waals surface area contributed by atoms with Gasteiger partial charge in [-0.1, -0.05) is 48.0 Å². The molecule has 0 spiro atoms. The number of hydrogen-bond donors (Lipinski definition) is 15. The standard InChI is InChI=1S/C35H65N11O13/c1-8-17(6)25(33(57)46-26(18(7)49)31(55)40-12-22(50)41-20(13-47)29(53)43-21(14-48)34(58)59)45-28(52)19(10-9-11-39-35(37)38)42-32(56)24(15(2)3)44-30(54)23(36)27(51)16(4)5/h15-21,23-27,47-49,51H,8-14,36H2,1-7H3,(H,40,55)(H,41,50)(H,42,56)(H,43,53)(H,44,54)(H,45,52)(H,46,57)(H,58,59)(H4,37,38,39)/t17-,18-,19+,20-,21-,23-,24-,25-,26-,27+/m0/s1. The van der Waals surface area contributed by atoms with Crippen molar-refractivity contribution in [3.8, 4) is 0 Å². The third-order valence-electron chi connectivity index (χ3n) is 9.09. The van der Waals surface area contributed by atoms with Crippen LogP contribution in [-0.2, 0) is 38.4 Å². The van der Waals surface area contributed by atoms with Crippen LogP contribution in [0.15, 0.2) is 4.99 Å². The van der Waals surface area contributed by atoms with Crippen molar-refractivity contribution in [1.29, 1.82) is 0 Å². The first-order valence-corrected chi connectivity index (χ1v) is 19.1. The minimum atomic E-state index is -1.72. The first-order valence-electron chi connectivity index (χ1n) is 19.1. The fourth-order valence-corrected chi connectivity index (χ4v) is 5.17. The van der Waals surface area contributed by atoms with Crippen LogP contribution in [0.4, 0.5) is 0 Å². The highest BCUT2D eigenvalue weighted by atomic mass is 16.4. The van der Waals surface area contributed by atoms with Crippen molar-refractivity contribution in [2.75, 3.05) is 26.3 Å². The van der Waals surface area contributed by atoms with E-state index in [-0.39, 0.29) is 31.3 Å². The molecule has 0 bridgehead atoms. The number of aliphatic hydroxyl groups is 4. The quantitative estimate of drug-likeness (QED) is 0.0208. The Morgan fingerprint density at radius 1 is 0.627 bits per heavy atom. The number of carbonyl (C=O) groups excluding carboxylic acids is 7. The van der Waals surface area contributed by atoms with E-state index in [2.05, 4.69) is 36.9 Å². The van der Waals surface area contributed by atoms with Crippen molar-refractivity contribution >= 4 is 53.3 Å². The summed E-state index contributed by atoms with van der Waals surface area (Å²) in [6.07, 6.45) is -2.32. The predicted octanol–water partition coefficient (Wildman–Crippen LogP) is -6.44. The molecule has 0 aliphatic carbocycles. The monoisotopic (exact) mass is 847 g/mol. The Morgan fingerprint density at radius 2 is 1.14 bits per heavy atom. The summed E-state index contributed by atoms with van der Waals surface area (Å²) in [6.45, 7) is 8.36. The minimum absolute atomic E-state index is 0.0469. The fourth-order valence-electron chi connectivity index (χ4n) is 5.17. The number of amides is 7. The average molecular weight is 848 g/mol. The van der Waals surface area contributed by atoms with Crippen LogP contribution < -0.4 is 54.4 Å². The number of aliphatic imine (C=N–C) groups is 1. The molecule has 0 heterocycles. The number of nitrogens with two attached hydrogens (primary N) is 3. The van der Waals surface area contributed by atoms with E-state index in [0.717, 1.165) is 6.92 Å². The fraction of sp³-hybridized carbons (Fsp3) is 0.743. The lowest BCUT2D eigenvalue weighted by atomic mass is 9.96. The number of nitrogens with one attached hydrogen (secondary N) is 7. The Balaban J connectivity index is 6.12. The van der Waals surface area contributed by atoms with Crippen molar-refractivity contribution in [3.05, 3.63) is 0 Å². The van der Waals surface area contributed by atoms with E-state index in [1.165, 1.54) is 0 Å². The largest absolute Gasteiger partial charge is 0.480 e. The van der Waals surface area contributed by atoms with Crippen LogP contribution in [0.2, 0.25) is 0 Å². The van der Waals surface area contributed by atoms with E-state index < -0.39 is 133 Å². The third kappa shape index (κ3) is 19.0. The molecule has 0 aromatic heterocycles. The van der Waals surface area contributed by atoms with Gasteiger partial charge < -0.3 is 80.0 Å². The number of carbonyl (C=O) groups is 8. The van der Waals surface area contributed by atoms with Gasteiger partial charge in [0.25, 0.3) is 0 Å². The van der Waals surface area contributed by atoms with E-state index in [1.807, 2.05) is 5.32 Å². The van der Waals surface area contributed by atoms with Gasteiger partial charge in [0.1, 0.15) is 42.3 Å². The second-order valence-electron chi connectivity index (χ2n) is 14.7. The number of nitrogens with zero attached hydrogens (tertiary/aromatic N) is 1. The first kappa shape index (κ1) is 53.8. The molecule has 18 N–H and O–H groups in total. The van der Waals surface area contributed by atoms with Crippen molar-refractivity contribution in [2.45, 2.75) is 122 Å². The van der Waals surface area contributed by atoms with Gasteiger partial charge in [0.05, 0.1) is 32.0 Å². The van der Waals surface area contributed by atoms with Gasteiger partial charge in [-0.05, 0) is 37.5 Å². The van der Waals surface area contributed by atoms with Crippen molar-refractivity contribution in [2.24, 2.45) is 39.9 Å². The summed E-state index contributed by atoms with van der Waals surface area (Å²) in [5.74, 6) is -9.85. The van der Waals surface area contributed by atoms with Crippen LogP contribution in [0.5, 0.6) is 0 Å². The first-order chi connectivity index (χ1) is 27.4. The maximum atomic E-state index is 13.8. The molecule has 0 aromatic rings. The number of carboxylic acids is 1. The molecule has 24 heteroatoms. The molecule has 0 aromatic carbocycles. The number of rotatable bonds is 27. The summed E-state index contributed by atoms with van der Waals surface area (Å²) < 4.78 is 0. The second kappa shape index (κ2) is 26.8. The van der Waals surface area contributed by atoms with Gasteiger partial charge in [0.15, 0.2) is 5.96 Å². The lowest BCUT2D eigenvalue weighted by Crippen LogP contribution is -2.62. The Hall–Kier alpha value is -5.17. The molecule has 0 aliphatic rings. The molecule has 0 aliphatic heterocycles. The van der Waals surface area contributed by atoms with Crippen LogP contribution in [0.25, 0.3) is 0 Å². The Morgan fingerprint density at radius 3 is 1.61 bits per heavy atom. The molecule has 59 heavy (non-hydrogen) atoms. The zero-order valence-electron chi connectivity index (χ0n) is 34.6. The topological polar surface area (TPSA) is 412 Å². The maximum absolute atomic E-state index is 13.8. The summed E-state index contributed by atoms with van der Waals surface area (Å²) in [5, 5.41) is 64.6. The van der Waals surface area contributed by atoms with E-state index in [0.29, 0.717) is 6.42 Å². The Bertz CT molecular complexity index is 1460. The molecule has 0 unspecified atom stereocenters.